The number of fused-ring (bicyclic) bond motifs is 6. The summed E-state index contributed by atoms with van der Waals surface area (Å²) in [4.78, 5) is 49.3. The molecule has 16 rings (SSSR count). The van der Waals surface area contributed by atoms with Crippen LogP contribution in [0.2, 0.25) is 0 Å². The van der Waals surface area contributed by atoms with E-state index in [2.05, 4.69) is 272 Å². The van der Waals surface area contributed by atoms with Crippen LogP contribution in [0.25, 0.3) is 45.0 Å². The number of ketones is 2. The maximum Gasteiger partial charge on any atom is 0.180 e. The maximum absolute atomic E-state index is 15.3. The van der Waals surface area contributed by atoms with Gasteiger partial charge in [-0.05, 0) is 180 Å². The lowest BCUT2D eigenvalue weighted by Crippen LogP contribution is -2.72. The number of carbonyl (C=O) groups is 2. The summed E-state index contributed by atoms with van der Waals surface area (Å²) >= 11 is 0. The molecule has 0 aliphatic carbocycles. The molecule has 0 unspecified atom stereocenters. The normalized spacial score (nSPS) is 13.0. The van der Waals surface area contributed by atoms with Crippen molar-refractivity contribution < 1.29 is 19.1 Å². The number of hydrogen-bond donors (Lipinski definition) is 0. The molecule has 99 heavy (non-hydrogen) atoms. The number of aryl methyl sites for hydroxylation is 4. The standard InChI is InChI=1S/C85H72N8O4Si2/c1-54-58(5)90(50-86-54)76-31-21-32-77(91-51-87-55(2)59(91)6)74(76)48-96-64-37-41-84-72(45-64)70-43-62(35-39-82(70)98(84,66-23-13-9-14-24-66)67-25-15-10-16-26-67)80(94)47-81(95)63-36-40-83-71(44-63)73-46-65(38-42-85(73)99(83,68-27-17-11-18-28-68)69-29-19-12-20-30-69)97-49-75-78(92-52-88-56(3)60(92)7)33-22-34-79(75)93-53-89-57(4)61(93)8/h9-46,50-53H,47-49H2,1-8H3. The predicted octanol–water partition coefficient (Wildman–Crippen LogP) is 12.2. The fourth-order valence-corrected chi connectivity index (χ4v) is 25.7. The molecular weight excluding hydrogens is 1250 g/mol. The number of rotatable bonds is 18. The van der Waals surface area contributed by atoms with Crippen molar-refractivity contribution in [2.45, 2.75) is 75.0 Å². The average molecular weight is 1330 g/mol. The Morgan fingerprint density at radius 2 is 0.596 bits per heavy atom. The van der Waals surface area contributed by atoms with Crippen molar-refractivity contribution in [3.63, 3.8) is 0 Å². The van der Waals surface area contributed by atoms with Crippen molar-refractivity contribution in [1.82, 2.24) is 38.2 Å². The van der Waals surface area contributed by atoms with Gasteiger partial charge in [0.2, 0.25) is 0 Å². The van der Waals surface area contributed by atoms with Crippen molar-refractivity contribution in [3.05, 3.63) is 324 Å². The van der Waals surface area contributed by atoms with Crippen LogP contribution in [0.4, 0.5) is 0 Å². The third-order valence-corrected chi connectivity index (χ3v) is 30.8. The Morgan fingerprint density at radius 3 is 0.869 bits per heavy atom. The van der Waals surface area contributed by atoms with Gasteiger partial charge in [-0.1, -0.05) is 170 Å². The Hall–Kier alpha value is -11.6. The average Bonchev–Trinajstić information content (AvgIpc) is 1.55. The summed E-state index contributed by atoms with van der Waals surface area (Å²) in [6, 6.07) is 81.1. The van der Waals surface area contributed by atoms with E-state index in [0.29, 0.717) is 22.6 Å². The van der Waals surface area contributed by atoms with E-state index in [4.69, 9.17) is 9.47 Å². The lowest BCUT2D eigenvalue weighted by Gasteiger charge is -2.31. The summed E-state index contributed by atoms with van der Waals surface area (Å²) in [5, 5.41) is 9.64. The minimum atomic E-state index is -3.02. The summed E-state index contributed by atoms with van der Waals surface area (Å²) in [6.45, 7) is 16.9. The summed E-state index contributed by atoms with van der Waals surface area (Å²) < 4.78 is 22.6. The van der Waals surface area contributed by atoms with Crippen LogP contribution in [-0.4, -0.2) is 65.9 Å². The lowest BCUT2D eigenvalue weighted by atomic mass is 9.96. The highest BCUT2D eigenvalue weighted by atomic mass is 28.3. The van der Waals surface area contributed by atoms with Gasteiger partial charge in [0.1, 0.15) is 24.7 Å². The van der Waals surface area contributed by atoms with E-state index in [1.165, 1.54) is 41.5 Å². The highest BCUT2D eigenvalue weighted by molar-refractivity contribution is 7.23. The molecule has 0 bridgehead atoms. The van der Waals surface area contributed by atoms with Gasteiger partial charge in [0.15, 0.2) is 27.7 Å². The van der Waals surface area contributed by atoms with Crippen LogP contribution >= 0.6 is 0 Å². The number of ether oxygens (including phenoxy) is 2. The van der Waals surface area contributed by atoms with Crippen LogP contribution in [0.3, 0.4) is 0 Å². The monoisotopic (exact) mass is 1320 g/mol. The molecule has 12 nitrogen and oxygen atoms in total. The Balaban J connectivity index is 0.772. The first-order chi connectivity index (χ1) is 48.2. The fraction of sp³-hybridized carbons (Fsp3) is 0.129. The molecule has 0 N–H and O–H groups in total. The van der Waals surface area contributed by atoms with E-state index in [-0.39, 0.29) is 31.2 Å². The highest BCUT2D eigenvalue weighted by Gasteiger charge is 2.51. The second-order valence-corrected chi connectivity index (χ2v) is 33.7. The second-order valence-electron chi connectivity index (χ2n) is 26.2. The van der Waals surface area contributed by atoms with Crippen LogP contribution in [0.1, 0.15) is 83.8 Å². The van der Waals surface area contributed by atoms with E-state index >= 15 is 9.59 Å². The predicted molar refractivity (Wildman–Crippen MR) is 399 cm³/mol. The zero-order valence-electron chi connectivity index (χ0n) is 56.6. The van der Waals surface area contributed by atoms with E-state index in [0.717, 1.165) is 102 Å². The van der Waals surface area contributed by atoms with Crippen molar-refractivity contribution >= 4 is 69.2 Å². The van der Waals surface area contributed by atoms with Gasteiger partial charge >= 0.3 is 0 Å². The van der Waals surface area contributed by atoms with Gasteiger partial charge in [-0.2, -0.15) is 0 Å². The molecule has 0 saturated carbocycles. The zero-order valence-corrected chi connectivity index (χ0v) is 58.6. The molecule has 0 amide bonds. The van der Waals surface area contributed by atoms with Gasteiger partial charge in [0, 0.05) is 45.0 Å². The summed E-state index contributed by atoms with van der Waals surface area (Å²) in [6.07, 6.45) is 7.18. The molecule has 2 aliphatic heterocycles. The number of benzene rings is 10. The molecule has 4 aromatic heterocycles. The molecule has 0 spiro atoms. The first-order valence-corrected chi connectivity index (χ1v) is 37.6. The molecule has 14 aromatic rings. The number of imidazole rings is 4. The molecule has 0 saturated heterocycles. The third kappa shape index (κ3) is 10.1. The molecule has 484 valence electrons. The molecule has 14 heteroatoms. The Labute approximate surface area is 578 Å². The molecule has 0 radical (unpaired) electrons. The molecule has 2 aliphatic rings. The number of aromatic nitrogens is 8. The van der Waals surface area contributed by atoms with Crippen molar-refractivity contribution in [2.24, 2.45) is 0 Å². The van der Waals surface area contributed by atoms with Crippen LogP contribution in [0, 0.1) is 55.4 Å². The van der Waals surface area contributed by atoms with Gasteiger partial charge in [-0.25, -0.2) is 19.9 Å². The van der Waals surface area contributed by atoms with Crippen molar-refractivity contribution in [2.75, 3.05) is 0 Å². The summed E-state index contributed by atoms with van der Waals surface area (Å²) in [5.41, 5.74) is 18.7. The highest BCUT2D eigenvalue weighted by Crippen LogP contribution is 2.37. The van der Waals surface area contributed by atoms with E-state index in [9.17, 15) is 0 Å². The Kier molecular flexibility index (Phi) is 15.6. The van der Waals surface area contributed by atoms with Gasteiger partial charge in [-0.15, -0.1) is 0 Å². The van der Waals surface area contributed by atoms with E-state index in [1.54, 1.807) is 0 Å². The van der Waals surface area contributed by atoms with Crippen LogP contribution in [0.5, 0.6) is 11.5 Å². The Bertz CT molecular complexity index is 4970. The number of hydrogen-bond acceptors (Lipinski definition) is 8. The topological polar surface area (TPSA) is 124 Å². The van der Waals surface area contributed by atoms with Crippen LogP contribution in [-0.2, 0) is 13.2 Å². The third-order valence-electron chi connectivity index (χ3n) is 21.1. The molecule has 0 atom stereocenters. The largest absolute Gasteiger partial charge is 0.489 e. The summed E-state index contributed by atoms with van der Waals surface area (Å²) in [7, 11) is -6.04. The number of nitrogens with zero attached hydrogens (tertiary/aromatic N) is 8. The molecular formula is C85H72N8O4Si2. The van der Waals surface area contributed by atoms with Crippen molar-refractivity contribution in [1.29, 1.82) is 0 Å². The lowest BCUT2D eigenvalue weighted by molar-refractivity contribution is 0.0894. The summed E-state index contributed by atoms with van der Waals surface area (Å²) in [5.74, 6) is 0.852. The van der Waals surface area contributed by atoms with Crippen LogP contribution < -0.4 is 51.0 Å². The van der Waals surface area contributed by atoms with Gasteiger partial charge in [0.25, 0.3) is 0 Å². The smallest absolute Gasteiger partial charge is 0.180 e. The molecule has 6 heterocycles. The first kappa shape index (κ1) is 62.2. The van der Waals surface area contributed by atoms with Gasteiger partial charge < -0.3 is 27.7 Å². The van der Waals surface area contributed by atoms with Gasteiger partial charge in [0.05, 0.1) is 77.3 Å². The minimum absolute atomic E-state index is 0.242. The Morgan fingerprint density at radius 1 is 0.323 bits per heavy atom. The van der Waals surface area contributed by atoms with E-state index < -0.39 is 16.1 Å². The SMILES string of the molecule is Cc1ncn(-c2cccc(-n3cnc(C)c3C)c2COc2ccc3c(c2)-c2cc(C(=O)CC(=O)c4ccc5c(c4)-c4cc(OCc6c(-n7cnc(C)c7C)cccc6-n6cnc(C)c6C)ccc4[Si]5(c4ccccc4)c4ccccc4)ccc2[Si]3(c2ccccc2)c2ccccc2)c1C. The van der Waals surface area contributed by atoms with Crippen molar-refractivity contribution in [3.8, 4) is 56.5 Å². The second kappa shape index (κ2) is 24.8. The van der Waals surface area contributed by atoms with E-state index in [1.807, 2.05) is 77.3 Å². The minimum Gasteiger partial charge on any atom is -0.489 e. The maximum atomic E-state index is 15.3. The van der Waals surface area contributed by atoms with Crippen LogP contribution in [0.15, 0.2) is 256 Å². The first-order valence-electron chi connectivity index (χ1n) is 33.6. The zero-order chi connectivity index (χ0) is 67.8. The van der Waals surface area contributed by atoms with Gasteiger partial charge in [-0.3, -0.25) is 9.59 Å². The quantitative estimate of drug-likeness (QED) is 0.0473. The molecule has 10 aromatic carbocycles. The number of carbonyl (C=O) groups excluding carboxylic acids is 2. The number of Topliss-reactive ketones (excluding diaryl/α,β-unsaturated/α-hetero) is 2. The fourth-order valence-electron chi connectivity index (χ4n) is 15.4. The molecule has 0 fully saturated rings.